The molecule has 11 heteroatoms. The average Bonchev–Trinajstić information content (AvgIpc) is 3.73. The van der Waals surface area contributed by atoms with E-state index in [-0.39, 0.29) is 34.6 Å². The van der Waals surface area contributed by atoms with E-state index in [0.717, 1.165) is 44.8 Å². The molecule has 3 heterocycles. The Hall–Kier alpha value is -3.34. The molecule has 3 fully saturated rings. The Bertz CT molecular complexity index is 1340. The molecule has 1 aromatic heterocycles. The smallest absolute Gasteiger partial charge is 0.266 e. The Balaban J connectivity index is 1.43. The number of amides is 2. The molecular weight excluding hydrogens is 523 g/mol. The molecule has 0 spiro atoms. The average molecular weight is 560 g/mol. The summed E-state index contributed by atoms with van der Waals surface area (Å²) in [5.41, 5.74) is -1.17. The summed E-state index contributed by atoms with van der Waals surface area (Å²) < 4.78 is 42.8. The van der Waals surface area contributed by atoms with Gasteiger partial charge in [0.05, 0.1) is 28.4 Å². The quantitative estimate of drug-likeness (QED) is 0.513. The van der Waals surface area contributed by atoms with Crippen LogP contribution in [0.25, 0.3) is 0 Å². The van der Waals surface area contributed by atoms with E-state index in [1.807, 2.05) is 14.0 Å². The van der Waals surface area contributed by atoms with Crippen LogP contribution in [0, 0.1) is 11.7 Å². The molecule has 1 atom stereocenters. The molecule has 2 aliphatic heterocycles. The summed E-state index contributed by atoms with van der Waals surface area (Å²) in [5, 5.41) is 6.10. The van der Waals surface area contributed by atoms with Gasteiger partial charge in [0.25, 0.3) is 17.9 Å². The van der Waals surface area contributed by atoms with E-state index >= 15 is 0 Å². The van der Waals surface area contributed by atoms with Gasteiger partial charge < -0.3 is 25.0 Å². The maximum absolute atomic E-state index is 14.8. The van der Waals surface area contributed by atoms with Crippen LogP contribution in [0.3, 0.4) is 0 Å². The lowest BCUT2D eigenvalue weighted by Crippen LogP contribution is -2.65. The fourth-order valence-electron chi connectivity index (χ4n) is 5.72. The number of nitrogens with zero attached hydrogens (tertiary/aromatic N) is 3. The number of carbonyl (C=O) groups is 2. The summed E-state index contributed by atoms with van der Waals surface area (Å²) in [5.74, 6) is -1.44. The number of aromatic nitrogens is 1. The molecule has 0 radical (unpaired) electrons. The highest BCUT2D eigenvalue weighted by molar-refractivity contribution is 5.99. The minimum absolute atomic E-state index is 0.0514. The number of hydrogen-bond acceptors (Lipinski definition) is 5. The second-order valence-electron chi connectivity index (χ2n) is 11.7. The van der Waals surface area contributed by atoms with Crippen molar-refractivity contribution in [3.05, 3.63) is 63.3 Å². The lowest BCUT2D eigenvalue weighted by atomic mass is 9.90. The SMILES string of the molecule is CC(NC(=O)c1cn(C2(C)CN(C(=O)C3CC3)C2)c(=O)cc1NC1CCN(C)CC1)c1cccc(C(F)F)c1F. The number of piperidine rings is 1. The van der Waals surface area contributed by atoms with Crippen LogP contribution in [0.2, 0.25) is 0 Å². The summed E-state index contributed by atoms with van der Waals surface area (Å²) in [6.45, 7) is 5.89. The molecule has 40 heavy (non-hydrogen) atoms. The predicted molar refractivity (Wildman–Crippen MR) is 145 cm³/mol. The van der Waals surface area contributed by atoms with Crippen LogP contribution in [0.4, 0.5) is 18.9 Å². The van der Waals surface area contributed by atoms with E-state index in [1.165, 1.54) is 35.9 Å². The number of alkyl halides is 2. The number of pyridine rings is 1. The molecule has 8 nitrogen and oxygen atoms in total. The number of carbonyl (C=O) groups excluding carboxylic acids is 2. The summed E-state index contributed by atoms with van der Waals surface area (Å²) >= 11 is 0. The van der Waals surface area contributed by atoms with Crippen LogP contribution in [-0.4, -0.2) is 65.4 Å². The van der Waals surface area contributed by atoms with E-state index in [2.05, 4.69) is 15.5 Å². The Morgan fingerprint density at radius 1 is 1.07 bits per heavy atom. The number of benzene rings is 1. The molecule has 1 saturated carbocycles. The Morgan fingerprint density at radius 3 is 2.35 bits per heavy atom. The zero-order valence-electron chi connectivity index (χ0n) is 23.1. The first-order chi connectivity index (χ1) is 19.0. The van der Waals surface area contributed by atoms with Gasteiger partial charge in [-0.3, -0.25) is 14.4 Å². The van der Waals surface area contributed by atoms with Gasteiger partial charge in [-0.25, -0.2) is 13.2 Å². The van der Waals surface area contributed by atoms with Gasteiger partial charge in [-0.05, 0) is 59.7 Å². The lowest BCUT2D eigenvalue weighted by molar-refractivity contribution is -0.142. The third-order valence-corrected chi connectivity index (χ3v) is 8.37. The normalized spacial score (nSPS) is 20.2. The van der Waals surface area contributed by atoms with Gasteiger partial charge in [0.1, 0.15) is 5.82 Å². The maximum atomic E-state index is 14.8. The van der Waals surface area contributed by atoms with Crippen molar-refractivity contribution < 1.29 is 22.8 Å². The molecule has 1 aromatic carbocycles. The second kappa shape index (κ2) is 10.9. The molecule has 2 amide bonds. The summed E-state index contributed by atoms with van der Waals surface area (Å²) in [4.78, 5) is 43.4. The van der Waals surface area contributed by atoms with Crippen LogP contribution < -0.4 is 16.2 Å². The highest BCUT2D eigenvalue weighted by Gasteiger charge is 2.47. The van der Waals surface area contributed by atoms with Crippen LogP contribution in [-0.2, 0) is 10.3 Å². The van der Waals surface area contributed by atoms with Gasteiger partial charge in [0, 0.05) is 42.9 Å². The maximum Gasteiger partial charge on any atom is 0.266 e. The number of nitrogens with one attached hydrogen (secondary N) is 2. The molecule has 2 aromatic rings. The highest BCUT2D eigenvalue weighted by Crippen LogP contribution is 2.37. The summed E-state index contributed by atoms with van der Waals surface area (Å²) in [7, 11) is 2.04. The fourth-order valence-corrected chi connectivity index (χ4v) is 5.72. The van der Waals surface area contributed by atoms with Crippen molar-refractivity contribution in [3.63, 3.8) is 0 Å². The zero-order chi connectivity index (χ0) is 28.8. The first-order valence-electron chi connectivity index (χ1n) is 13.8. The van der Waals surface area contributed by atoms with Gasteiger partial charge in [-0.15, -0.1) is 0 Å². The van der Waals surface area contributed by atoms with Gasteiger partial charge in [0.2, 0.25) is 5.91 Å². The molecule has 216 valence electrons. The molecule has 5 rings (SSSR count). The molecule has 1 unspecified atom stereocenters. The lowest BCUT2D eigenvalue weighted by Gasteiger charge is -2.49. The first-order valence-corrected chi connectivity index (χ1v) is 13.8. The van der Waals surface area contributed by atoms with E-state index in [0.29, 0.717) is 18.8 Å². The van der Waals surface area contributed by atoms with Crippen LogP contribution in [0.1, 0.15) is 73.5 Å². The third-order valence-electron chi connectivity index (χ3n) is 8.37. The van der Waals surface area contributed by atoms with Crippen molar-refractivity contribution in [2.24, 2.45) is 5.92 Å². The fraction of sp³-hybridized carbons (Fsp3) is 0.552. The van der Waals surface area contributed by atoms with Crippen LogP contribution in [0.15, 0.2) is 35.3 Å². The highest BCUT2D eigenvalue weighted by atomic mass is 19.3. The standard InChI is InChI=1S/C29H36F3N5O3/c1-17(20-5-4-6-21(25(20)30)26(31)32)33-27(39)22-14-37(29(2)15-36(16-29)28(40)18-7-8-18)24(38)13-23(22)34-19-9-11-35(3)12-10-19/h4-6,13-14,17-19,26,34H,7-12,15-16H2,1-3H3,(H,33,39). The van der Waals surface area contributed by atoms with E-state index < -0.39 is 35.3 Å². The van der Waals surface area contributed by atoms with Gasteiger partial charge >= 0.3 is 0 Å². The summed E-state index contributed by atoms with van der Waals surface area (Å²) in [6.07, 6.45) is 1.98. The topological polar surface area (TPSA) is 86.7 Å². The van der Waals surface area contributed by atoms with Crippen molar-refractivity contribution in [1.29, 1.82) is 0 Å². The third kappa shape index (κ3) is 5.61. The van der Waals surface area contributed by atoms with E-state index in [4.69, 9.17) is 0 Å². The molecule has 0 bridgehead atoms. The van der Waals surface area contributed by atoms with Crippen LogP contribution >= 0.6 is 0 Å². The van der Waals surface area contributed by atoms with Crippen molar-refractivity contribution in [1.82, 2.24) is 19.7 Å². The van der Waals surface area contributed by atoms with Crippen LogP contribution in [0.5, 0.6) is 0 Å². The van der Waals surface area contributed by atoms with E-state index in [1.54, 1.807) is 4.90 Å². The predicted octanol–water partition coefficient (Wildman–Crippen LogP) is 3.89. The van der Waals surface area contributed by atoms with Crippen molar-refractivity contribution in [3.8, 4) is 0 Å². The molecular formula is C29H36F3N5O3. The Morgan fingerprint density at radius 2 is 1.73 bits per heavy atom. The number of likely N-dealkylation sites (tertiary alicyclic amines) is 2. The Labute approximate surface area is 231 Å². The number of anilines is 1. The summed E-state index contributed by atoms with van der Waals surface area (Å²) in [6, 6.07) is 4.28. The van der Waals surface area contributed by atoms with Crippen molar-refractivity contribution in [2.75, 3.05) is 38.5 Å². The monoisotopic (exact) mass is 559 g/mol. The van der Waals surface area contributed by atoms with Gasteiger partial charge in [-0.1, -0.05) is 18.2 Å². The molecule has 2 saturated heterocycles. The minimum atomic E-state index is -2.98. The minimum Gasteiger partial charge on any atom is -0.381 e. The van der Waals surface area contributed by atoms with E-state index in [9.17, 15) is 27.6 Å². The number of rotatable bonds is 8. The van der Waals surface area contributed by atoms with Gasteiger partial charge in [0.15, 0.2) is 0 Å². The number of hydrogen-bond donors (Lipinski definition) is 2. The molecule has 3 aliphatic rings. The largest absolute Gasteiger partial charge is 0.381 e. The van der Waals surface area contributed by atoms with Crippen molar-refractivity contribution in [2.45, 2.75) is 63.6 Å². The number of halogens is 3. The van der Waals surface area contributed by atoms with Gasteiger partial charge in [-0.2, -0.15) is 0 Å². The Kier molecular flexibility index (Phi) is 7.69. The second-order valence-corrected chi connectivity index (χ2v) is 11.7. The van der Waals surface area contributed by atoms with Crippen molar-refractivity contribution >= 4 is 17.5 Å². The zero-order valence-corrected chi connectivity index (χ0v) is 23.1. The molecule has 1 aliphatic carbocycles. The first kappa shape index (κ1) is 28.2. The molecule has 2 N–H and O–H groups in total.